The summed E-state index contributed by atoms with van der Waals surface area (Å²) in [6.07, 6.45) is 11.5. The van der Waals surface area contributed by atoms with Crippen molar-refractivity contribution in [3.63, 3.8) is 0 Å². The van der Waals surface area contributed by atoms with Gasteiger partial charge in [0.2, 0.25) is 0 Å². The van der Waals surface area contributed by atoms with E-state index < -0.39 is 5.60 Å². The van der Waals surface area contributed by atoms with Crippen LogP contribution in [-0.2, 0) is 0 Å². The van der Waals surface area contributed by atoms with Crippen LogP contribution in [0.3, 0.4) is 0 Å². The van der Waals surface area contributed by atoms with E-state index >= 15 is 0 Å². The number of aliphatic hydroxyl groups is 2. The average molecular weight is 278 g/mol. The fourth-order valence-electron chi connectivity index (χ4n) is 4.20. The van der Waals surface area contributed by atoms with Crippen LogP contribution in [0.4, 0.5) is 0 Å². The highest BCUT2D eigenvalue weighted by atomic mass is 16.3. The second-order valence-corrected chi connectivity index (χ2v) is 7.57. The first-order valence-electron chi connectivity index (χ1n) is 8.03. The fraction of sp³-hybridized carbons (Fsp3) is 0.778. The minimum absolute atomic E-state index is 0.124. The molecule has 20 heavy (non-hydrogen) atoms. The molecule has 0 saturated heterocycles. The van der Waals surface area contributed by atoms with Crippen molar-refractivity contribution >= 4 is 0 Å². The molecule has 4 atom stereocenters. The molecule has 1 fully saturated rings. The number of hydrogen-bond acceptors (Lipinski definition) is 2. The molecular formula is C18H30O2. The molecule has 0 bridgehead atoms. The number of aliphatic hydroxyl groups excluding tert-OH is 1. The van der Waals surface area contributed by atoms with Crippen LogP contribution in [0.15, 0.2) is 23.8 Å². The molecule has 2 aliphatic rings. The number of fused-ring (bicyclic) bond motifs is 1. The van der Waals surface area contributed by atoms with Crippen molar-refractivity contribution in [2.75, 3.05) is 0 Å². The summed E-state index contributed by atoms with van der Waals surface area (Å²) in [6.45, 7) is 8.22. The molecule has 2 N–H and O–H groups in total. The molecule has 0 radical (unpaired) electrons. The Hall–Kier alpha value is -0.600. The van der Waals surface area contributed by atoms with Crippen molar-refractivity contribution < 1.29 is 10.2 Å². The van der Waals surface area contributed by atoms with Crippen molar-refractivity contribution in [1.82, 2.24) is 0 Å². The minimum atomic E-state index is -0.725. The normalized spacial score (nSPS) is 36.0. The Morgan fingerprint density at radius 3 is 2.85 bits per heavy atom. The molecule has 2 nitrogen and oxygen atoms in total. The van der Waals surface area contributed by atoms with Gasteiger partial charge in [-0.25, -0.2) is 0 Å². The van der Waals surface area contributed by atoms with Gasteiger partial charge in [-0.1, -0.05) is 37.6 Å². The van der Waals surface area contributed by atoms with Crippen LogP contribution in [0, 0.1) is 17.3 Å². The zero-order chi connectivity index (χ0) is 15.0. The maximum Gasteiger partial charge on any atom is 0.0771 e. The lowest BCUT2D eigenvalue weighted by Gasteiger charge is -2.43. The molecule has 0 aromatic heterocycles. The smallest absolute Gasteiger partial charge is 0.0771 e. The number of rotatable bonds is 4. The lowest BCUT2D eigenvalue weighted by Crippen LogP contribution is -2.39. The van der Waals surface area contributed by atoms with E-state index in [2.05, 4.69) is 26.0 Å². The zero-order valence-corrected chi connectivity index (χ0v) is 13.4. The van der Waals surface area contributed by atoms with Gasteiger partial charge in [0.1, 0.15) is 0 Å². The lowest BCUT2D eigenvalue weighted by atomic mass is 9.63. The molecule has 0 aliphatic heterocycles. The maximum atomic E-state index is 10.2. The summed E-state index contributed by atoms with van der Waals surface area (Å²) in [5.41, 5.74) is 0.998. The average Bonchev–Trinajstić information content (AvgIpc) is 2.66. The van der Waals surface area contributed by atoms with E-state index in [1.807, 2.05) is 6.08 Å². The van der Waals surface area contributed by atoms with Crippen LogP contribution in [0.5, 0.6) is 0 Å². The Labute approximate surface area is 123 Å². The third-order valence-corrected chi connectivity index (χ3v) is 5.28. The summed E-state index contributed by atoms with van der Waals surface area (Å²) in [7, 11) is 0. The van der Waals surface area contributed by atoms with Crippen LogP contribution < -0.4 is 0 Å². The quantitative estimate of drug-likeness (QED) is 0.767. The second-order valence-electron chi connectivity index (χ2n) is 7.57. The third kappa shape index (κ3) is 3.17. The van der Waals surface area contributed by atoms with E-state index in [0.29, 0.717) is 11.8 Å². The molecule has 2 aliphatic carbocycles. The van der Waals surface area contributed by atoms with Gasteiger partial charge in [-0.05, 0) is 63.2 Å². The topological polar surface area (TPSA) is 40.5 Å². The molecule has 0 amide bonds. The van der Waals surface area contributed by atoms with Gasteiger partial charge in [0, 0.05) is 0 Å². The molecule has 0 heterocycles. The summed E-state index contributed by atoms with van der Waals surface area (Å²) < 4.78 is 0. The molecule has 2 heteroatoms. The summed E-state index contributed by atoms with van der Waals surface area (Å²) in [6, 6.07) is 0. The van der Waals surface area contributed by atoms with Gasteiger partial charge >= 0.3 is 0 Å². The predicted octanol–water partition coefficient (Wildman–Crippen LogP) is 3.84. The van der Waals surface area contributed by atoms with E-state index in [4.69, 9.17) is 0 Å². The Balaban J connectivity index is 2.04. The van der Waals surface area contributed by atoms with Crippen molar-refractivity contribution in [3.8, 4) is 0 Å². The molecule has 114 valence electrons. The number of hydrogen-bond donors (Lipinski definition) is 2. The SMILES string of the molecule is C[C@@H](C/C=C/C(C)(C)O)C1=CCC2[C@@H](O)CCC[C@]12C. The van der Waals surface area contributed by atoms with E-state index in [-0.39, 0.29) is 11.5 Å². The van der Waals surface area contributed by atoms with Gasteiger partial charge in [0.15, 0.2) is 0 Å². The van der Waals surface area contributed by atoms with Crippen LogP contribution in [0.1, 0.15) is 59.8 Å². The van der Waals surface area contributed by atoms with Crippen molar-refractivity contribution in [1.29, 1.82) is 0 Å². The molecule has 0 aromatic carbocycles. The van der Waals surface area contributed by atoms with E-state index in [1.54, 1.807) is 13.8 Å². The molecule has 0 spiro atoms. The Kier molecular flexibility index (Phi) is 4.46. The van der Waals surface area contributed by atoms with E-state index in [9.17, 15) is 10.2 Å². The van der Waals surface area contributed by atoms with E-state index in [0.717, 1.165) is 25.7 Å². The standard InChI is InChI=1S/C18H30O2/c1-13(7-5-11-17(2,3)20)14-9-10-15-16(19)8-6-12-18(14,15)4/h5,9,11,13,15-16,19-20H,6-8,10,12H2,1-4H3/b11-5+/t13-,15?,16-,18+/m0/s1. The largest absolute Gasteiger partial charge is 0.393 e. The Morgan fingerprint density at radius 2 is 2.20 bits per heavy atom. The van der Waals surface area contributed by atoms with Gasteiger partial charge < -0.3 is 10.2 Å². The van der Waals surface area contributed by atoms with Crippen LogP contribution in [0.2, 0.25) is 0 Å². The Bertz CT molecular complexity index is 402. The second kappa shape index (κ2) is 5.65. The maximum absolute atomic E-state index is 10.2. The lowest BCUT2D eigenvalue weighted by molar-refractivity contribution is 0.00804. The summed E-state index contributed by atoms with van der Waals surface area (Å²) in [5.74, 6) is 0.917. The highest BCUT2D eigenvalue weighted by Gasteiger charge is 2.47. The number of allylic oxidation sites excluding steroid dienone is 3. The van der Waals surface area contributed by atoms with Gasteiger partial charge in [-0.2, -0.15) is 0 Å². The Morgan fingerprint density at radius 1 is 1.50 bits per heavy atom. The molecule has 2 rings (SSSR count). The predicted molar refractivity (Wildman–Crippen MR) is 83.4 cm³/mol. The van der Waals surface area contributed by atoms with E-state index in [1.165, 1.54) is 12.0 Å². The molecule has 1 unspecified atom stereocenters. The fourth-order valence-corrected chi connectivity index (χ4v) is 4.20. The van der Waals surface area contributed by atoms with Crippen LogP contribution in [-0.4, -0.2) is 21.9 Å². The summed E-state index contributed by atoms with van der Waals surface area (Å²) in [4.78, 5) is 0. The summed E-state index contributed by atoms with van der Waals surface area (Å²) >= 11 is 0. The van der Waals surface area contributed by atoms with Gasteiger partial charge in [0.25, 0.3) is 0 Å². The first-order chi connectivity index (χ1) is 9.24. The first kappa shape index (κ1) is 15.8. The minimum Gasteiger partial charge on any atom is -0.393 e. The van der Waals surface area contributed by atoms with Crippen molar-refractivity contribution in [2.45, 2.75) is 71.5 Å². The van der Waals surface area contributed by atoms with Crippen LogP contribution >= 0.6 is 0 Å². The monoisotopic (exact) mass is 278 g/mol. The van der Waals surface area contributed by atoms with Crippen LogP contribution in [0.25, 0.3) is 0 Å². The van der Waals surface area contributed by atoms with Crippen molar-refractivity contribution in [3.05, 3.63) is 23.8 Å². The first-order valence-corrected chi connectivity index (χ1v) is 8.03. The van der Waals surface area contributed by atoms with Gasteiger partial charge in [-0.3, -0.25) is 0 Å². The van der Waals surface area contributed by atoms with Crippen molar-refractivity contribution in [2.24, 2.45) is 17.3 Å². The van der Waals surface area contributed by atoms with Gasteiger partial charge in [-0.15, -0.1) is 0 Å². The zero-order valence-electron chi connectivity index (χ0n) is 13.4. The third-order valence-electron chi connectivity index (χ3n) is 5.28. The molecule has 1 saturated carbocycles. The molecular weight excluding hydrogens is 248 g/mol. The molecule has 0 aromatic rings. The highest BCUT2D eigenvalue weighted by Crippen LogP contribution is 2.54. The highest BCUT2D eigenvalue weighted by molar-refractivity contribution is 5.26. The van der Waals surface area contributed by atoms with Gasteiger partial charge in [0.05, 0.1) is 11.7 Å². The summed E-state index contributed by atoms with van der Waals surface area (Å²) in [5, 5.41) is 20.0.